The number of carboxylic acid groups (broad SMARTS) is 1. The fourth-order valence-corrected chi connectivity index (χ4v) is 1.52. The van der Waals surface area contributed by atoms with Crippen LogP contribution in [0.1, 0.15) is 42.4 Å². The molecule has 1 atom stereocenters. The van der Waals surface area contributed by atoms with Gasteiger partial charge in [0.25, 0.3) is 0 Å². The molecule has 0 aliphatic heterocycles. The Morgan fingerprint density at radius 3 is 2.94 bits per heavy atom. The van der Waals surface area contributed by atoms with Gasteiger partial charge in [-0.2, -0.15) is 4.98 Å². The van der Waals surface area contributed by atoms with Gasteiger partial charge in [0.15, 0.2) is 0 Å². The molecule has 0 aliphatic rings. The van der Waals surface area contributed by atoms with Gasteiger partial charge in [0.1, 0.15) is 0 Å². The quantitative estimate of drug-likeness (QED) is 0.897. The van der Waals surface area contributed by atoms with Gasteiger partial charge in [-0.05, 0) is 18.6 Å². The lowest BCUT2D eigenvalue weighted by atomic mass is 10.1. The van der Waals surface area contributed by atoms with E-state index in [2.05, 4.69) is 10.1 Å². The zero-order valence-electron chi connectivity index (χ0n) is 10.3. The minimum atomic E-state index is -0.970. The minimum Gasteiger partial charge on any atom is -0.478 e. The first-order valence-corrected chi connectivity index (χ1v) is 5.79. The molecule has 0 fully saturated rings. The van der Waals surface area contributed by atoms with Crippen LogP contribution in [0.25, 0.3) is 11.4 Å². The Morgan fingerprint density at radius 2 is 2.28 bits per heavy atom. The summed E-state index contributed by atoms with van der Waals surface area (Å²) < 4.78 is 5.16. The highest BCUT2D eigenvalue weighted by Gasteiger charge is 2.14. The summed E-state index contributed by atoms with van der Waals surface area (Å²) in [5, 5.41) is 12.8. The van der Waals surface area contributed by atoms with Crippen LogP contribution in [0.15, 0.2) is 28.8 Å². The Kier molecular flexibility index (Phi) is 3.41. The second kappa shape index (κ2) is 5.00. The van der Waals surface area contributed by atoms with Crippen LogP contribution in [0.4, 0.5) is 0 Å². The van der Waals surface area contributed by atoms with Gasteiger partial charge in [0, 0.05) is 11.5 Å². The molecule has 1 N–H and O–H groups in total. The summed E-state index contributed by atoms with van der Waals surface area (Å²) in [4.78, 5) is 15.2. The highest BCUT2D eigenvalue weighted by Crippen LogP contribution is 2.22. The van der Waals surface area contributed by atoms with Crippen LogP contribution in [0.2, 0.25) is 0 Å². The fraction of sp³-hybridized carbons (Fsp3) is 0.308. The Bertz CT molecular complexity index is 563. The smallest absolute Gasteiger partial charge is 0.335 e. The van der Waals surface area contributed by atoms with Gasteiger partial charge in [-0.3, -0.25) is 0 Å². The van der Waals surface area contributed by atoms with E-state index in [1.807, 2.05) is 13.8 Å². The topological polar surface area (TPSA) is 76.2 Å². The van der Waals surface area contributed by atoms with E-state index in [0.717, 1.165) is 6.42 Å². The molecular formula is C13H14N2O3. The van der Waals surface area contributed by atoms with Crippen LogP contribution >= 0.6 is 0 Å². The third-order valence-electron chi connectivity index (χ3n) is 2.84. The zero-order chi connectivity index (χ0) is 13.1. The van der Waals surface area contributed by atoms with Crippen molar-refractivity contribution in [1.82, 2.24) is 10.1 Å². The van der Waals surface area contributed by atoms with Gasteiger partial charge in [-0.25, -0.2) is 4.79 Å². The third-order valence-corrected chi connectivity index (χ3v) is 2.84. The predicted molar refractivity (Wildman–Crippen MR) is 65.4 cm³/mol. The maximum absolute atomic E-state index is 10.9. The molecule has 5 heteroatoms. The lowest BCUT2D eigenvalue weighted by Crippen LogP contribution is -1.96. The van der Waals surface area contributed by atoms with Crippen molar-refractivity contribution >= 4 is 5.97 Å². The Hall–Kier alpha value is -2.17. The summed E-state index contributed by atoms with van der Waals surface area (Å²) in [6.07, 6.45) is 0.913. The SMILES string of the molecule is CCC(C)c1nc(-c2cccc(C(=O)O)c2)no1. The number of rotatable bonds is 4. The number of hydrogen-bond donors (Lipinski definition) is 1. The number of hydrogen-bond acceptors (Lipinski definition) is 4. The summed E-state index contributed by atoms with van der Waals surface area (Å²) in [7, 11) is 0. The van der Waals surface area contributed by atoms with Crippen molar-refractivity contribution in [2.24, 2.45) is 0 Å². The van der Waals surface area contributed by atoms with Crippen LogP contribution in [0, 0.1) is 0 Å². The maximum atomic E-state index is 10.9. The molecule has 1 aromatic carbocycles. The van der Waals surface area contributed by atoms with Gasteiger partial charge in [0.05, 0.1) is 5.56 Å². The molecule has 0 saturated carbocycles. The normalized spacial score (nSPS) is 12.3. The molecule has 1 aromatic heterocycles. The maximum Gasteiger partial charge on any atom is 0.335 e. The van der Waals surface area contributed by atoms with E-state index in [-0.39, 0.29) is 11.5 Å². The summed E-state index contributed by atoms with van der Waals surface area (Å²) in [6, 6.07) is 6.49. The number of nitrogens with zero attached hydrogens (tertiary/aromatic N) is 2. The third kappa shape index (κ3) is 2.40. The Balaban J connectivity index is 2.34. The van der Waals surface area contributed by atoms with E-state index in [1.165, 1.54) is 12.1 Å². The van der Waals surface area contributed by atoms with Crippen LogP contribution in [0.3, 0.4) is 0 Å². The predicted octanol–water partition coefficient (Wildman–Crippen LogP) is 2.95. The summed E-state index contributed by atoms with van der Waals surface area (Å²) >= 11 is 0. The van der Waals surface area contributed by atoms with Gasteiger partial charge >= 0.3 is 5.97 Å². The van der Waals surface area contributed by atoms with Crippen molar-refractivity contribution in [2.45, 2.75) is 26.2 Å². The van der Waals surface area contributed by atoms with Crippen molar-refractivity contribution in [2.75, 3.05) is 0 Å². The standard InChI is InChI=1S/C13H14N2O3/c1-3-8(2)12-14-11(15-18-12)9-5-4-6-10(7-9)13(16)17/h4-8H,3H2,1-2H3,(H,16,17). The van der Waals surface area contributed by atoms with E-state index in [1.54, 1.807) is 12.1 Å². The van der Waals surface area contributed by atoms with Crippen molar-refractivity contribution in [1.29, 1.82) is 0 Å². The first-order valence-electron chi connectivity index (χ1n) is 5.79. The van der Waals surface area contributed by atoms with Crippen molar-refractivity contribution in [3.8, 4) is 11.4 Å². The van der Waals surface area contributed by atoms with Gasteiger partial charge in [-0.15, -0.1) is 0 Å². The lowest BCUT2D eigenvalue weighted by molar-refractivity contribution is 0.0697. The molecule has 1 heterocycles. The summed E-state index contributed by atoms with van der Waals surface area (Å²) in [5.41, 5.74) is 0.857. The molecule has 0 bridgehead atoms. The Morgan fingerprint density at radius 1 is 1.50 bits per heavy atom. The zero-order valence-corrected chi connectivity index (χ0v) is 10.3. The molecule has 0 radical (unpaired) electrons. The van der Waals surface area contributed by atoms with Gasteiger partial charge in [0.2, 0.25) is 11.7 Å². The molecule has 18 heavy (non-hydrogen) atoms. The van der Waals surface area contributed by atoms with Gasteiger partial charge < -0.3 is 9.63 Å². The van der Waals surface area contributed by atoms with Crippen molar-refractivity contribution in [3.05, 3.63) is 35.7 Å². The number of aromatic nitrogens is 2. The largest absolute Gasteiger partial charge is 0.478 e. The molecule has 5 nitrogen and oxygen atoms in total. The van der Waals surface area contributed by atoms with Gasteiger partial charge in [-0.1, -0.05) is 31.1 Å². The molecule has 0 aliphatic carbocycles. The van der Waals surface area contributed by atoms with Crippen molar-refractivity contribution in [3.63, 3.8) is 0 Å². The summed E-state index contributed by atoms with van der Waals surface area (Å²) in [6.45, 7) is 4.05. The first-order chi connectivity index (χ1) is 8.61. The number of carboxylic acids is 1. The van der Waals surface area contributed by atoms with E-state index in [4.69, 9.17) is 9.63 Å². The highest BCUT2D eigenvalue weighted by molar-refractivity contribution is 5.89. The molecule has 94 valence electrons. The molecule has 0 amide bonds. The fourth-order valence-electron chi connectivity index (χ4n) is 1.52. The number of aromatic carboxylic acids is 1. The number of benzene rings is 1. The molecule has 0 saturated heterocycles. The highest BCUT2D eigenvalue weighted by atomic mass is 16.5. The molecule has 1 unspecified atom stereocenters. The molecule has 0 spiro atoms. The lowest BCUT2D eigenvalue weighted by Gasteiger charge is -1.99. The van der Waals surface area contributed by atoms with E-state index in [0.29, 0.717) is 17.3 Å². The second-order valence-electron chi connectivity index (χ2n) is 4.15. The van der Waals surface area contributed by atoms with Crippen LogP contribution in [0.5, 0.6) is 0 Å². The van der Waals surface area contributed by atoms with Crippen molar-refractivity contribution < 1.29 is 14.4 Å². The van der Waals surface area contributed by atoms with E-state index in [9.17, 15) is 4.79 Å². The molecule has 2 rings (SSSR count). The first kappa shape index (κ1) is 12.3. The second-order valence-corrected chi connectivity index (χ2v) is 4.15. The van der Waals surface area contributed by atoms with Crippen LogP contribution < -0.4 is 0 Å². The molecular weight excluding hydrogens is 232 g/mol. The van der Waals surface area contributed by atoms with Crippen LogP contribution in [-0.4, -0.2) is 21.2 Å². The van der Waals surface area contributed by atoms with E-state index < -0.39 is 5.97 Å². The monoisotopic (exact) mass is 246 g/mol. The average Bonchev–Trinajstić information content (AvgIpc) is 2.87. The average molecular weight is 246 g/mol. The number of carbonyl (C=O) groups is 1. The van der Waals surface area contributed by atoms with E-state index >= 15 is 0 Å². The minimum absolute atomic E-state index is 0.203. The Labute approximate surface area is 104 Å². The summed E-state index contributed by atoms with van der Waals surface area (Å²) in [5.74, 6) is 0.234. The van der Waals surface area contributed by atoms with Crippen LogP contribution in [-0.2, 0) is 0 Å². The molecule has 2 aromatic rings.